The molecule has 4 rings (SSSR count). The first-order chi connectivity index (χ1) is 15.7. The summed E-state index contributed by atoms with van der Waals surface area (Å²) in [6, 6.07) is 6.33. The normalized spacial score (nSPS) is 17.3. The Morgan fingerprint density at radius 1 is 1.27 bits per heavy atom. The summed E-state index contributed by atoms with van der Waals surface area (Å²) in [5.74, 6) is 1.15. The monoisotopic (exact) mass is 450 g/mol. The molecule has 3 aromatic rings. The third-order valence-electron chi connectivity index (χ3n) is 5.45. The van der Waals surface area contributed by atoms with E-state index in [2.05, 4.69) is 20.4 Å². The third kappa shape index (κ3) is 4.56. The molecule has 3 amide bonds. The highest BCUT2D eigenvalue weighted by atomic mass is 16.5. The summed E-state index contributed by atoms with van der Waals surface area (Å²) >= 11 is 0. The number of aryl methyl sites for hydroxylation is 2. The number of imide groups is 1. The van der Waals surface area contributed by atoms with Crippen molar-refractivity contribution in [2.75, 3.05) is 12.4 Å². The lowest BCUT2D eigenvalue weighted by Gasteiger charge is -2.29. The van der Waals surface area contributed by atoms with Crippen LogP contribution >= 0.6 is 0 Å². The topological polar surface area (TPSA) is 111 Å². The number of anilines is 1. The number of ether oxygens (including phenoxy) is 2. The van der Waals surface area contributed by atoms with Gasteiger partial charge in [0.2, 0.25) is 5.91 Å². The van der Waals surface area contributed by atoms with Gasteiger partial charge < -0.3 is 9.47 Å². The molecule has 0 spiro atoms. The van der Waals surface area contributed by atoms with Crippen LogP contribution in [0.4, 0.5) is 10.6 Å². The smallest absolute Gasteiger partial charge is 0.331 e. The van der Waals surface area contributed by atoms with Crippen LogP contribution in [-0.4, -0.2) is 49.9 Å². The standard InChI is InChI=1S/C23H26N6O4/c1-14-18(33-16-8-9-24-17(10-16)15-12-25-28(4)13-15)6-7-19(26-14)27-22(31)29-20(30)11-23(2,3)21(29)32-5/h6-10,12-13,21H,11H2,1-5H3,(H,26,27,31). The third-order valence-corrected chi connectivity index (χ3v) is 5.45. The van der Waals surface area contributed by atoms with E-state index in [0.717, 1.165) is 16.2 Å². The molecule has 1 N–H and O–H groups in total. The quantitative estimate of drug-likeness (QED) is 0.630. The summed E-state index contributed by atoms with van der Waals surface area (Å²) in [7, 11) is 3.33. The maximum Gasteiger partial charge on any atom is 0.331 e. The van der Waals surface area contributed by atoms with E-state index in [-0.39, 0.29) is 12.3 Å². The lowest BCUT2D eigenvalue weighted by Crippen LogP contribution is -2.45. The predicted molar refractivity (Wildman–Crippen MR) is 121 cm³/mol. The van der Waals surface area contributed by atoms with Crippen LogP contribution in [0.25, 0.3) is 11.3 Å². The van der Waals surface area contributed by atoms with Gasteiger partial charge in [-0.15, -0.1) is 0 Å². The number of rotatable bonds is 5. The minimum absolute atomic E-state index is 0.227. The summed E-state index contributed by atoms with van der Waals surface area (Å²) in [6.45, 7) is 5.55. The number of carbonyl (C=O) groups is 2. The SMILES string of the molecule is COC1N(C(=O)Nc2ccc(Oc3ccnc(-c4cnn(C)c4)c3)c(C)n2)C(=O)CC1(C)C. The lowest BCUT2D eigenvalue weighted by atomic mass is 9.91. The predicted octanol–water partition coefficient (Wildman–Crippen LogP) is 3.74. The molecule has 10 nitrogen and oxygen atoms in total. The molecule has 10 heteroatoms. The van der Waals surface area contributed by atoms with Gasteiger partial charge in [-0.25, -0.2) is 14.7 Å². The molecule has 1 aliphatic heterocycles. The van der Waals surface area contributed by atoms with Crippen molar-refractivity contribution in [1.82, 2.24) is 24.6 Å². The molecule has 1 fully saturated rings. The molecular weight excluding hydrogens is 424 g/mol. The van der Waals surface area contributed by atoms with Gasteiger partial charge in [-0.1, -0.05) is 13.8 Å². The van der Waals surface area contributed by atoms with E-state index in [4.69, 9.17) is 9.47 Å². The Balaban J connectivity index is 1.48. The van der Waals surface area contributed by atoms with Crippen molar-refractivity contribution in [3.63, 3.8) is 0 Å². The molecular formula is C23H26N6O4. The van der Waals surface area contributed by atoms with Crippen LogP contribution in [0.2, 0.25) is 0 Å². The van der Waals surface area contributed by atoms with Crippen LogP contribution in [0, 0.1) is 12.3 Å². The van der Waals surface area contributed by atoms with Crippen LogP contribution in [0.1, 0.15) is 26.0 Å². The Morgan fingerprint density at radius 3 is 2.73 bits per heavy atom. The number of hydrogen-bond donors (Lipinski definition) is 1. The van der Waals surface area contributed by atoms with Gasteiger partial charge in [0, 0.05) is 50.0 Å². The van der Waals surface area contributed by atoms with E-state index >= 15 is 0 Å². The number of methoxy groups -OCH3 is 1. The maximum absolute atomic E-state index is 12.8. The molecule has 1 unspecified atom stereocenters. The summed E-state index contributed by atoms with van der Waals surface area (Å²) in [5, 5.41) is 6.85. The van der Waals surface area contributed by atoms with Gasteiger partial charge in [-0.3, -0.25) is 19.8 Å². The zero-order valence-corrected chi connectivity index (χ0v) is 19.2. The molecule has 0 aromatic carbocycles. The minimum Gasteiger partial charge on any atom is -0.455 e. The number of urea groups is 1. The Morgan fingerprint density at radius 2 is 2.06 bits per heavy atom. The van der Waals surface area contributed by atoms with Gasteiger partial charge in [0.25, 0.3) is 0 Å². The summed E-state index contributed by atoms with van der Waals surface area (Å²) in [6.07, 6.45) is 4.85. The molecule has 3 aromatic heterocycles. The summed E-state index contributed by atoms with van der Waals surface area (Å²) < 4.78 is 13.1. The van der Waals surface area contributed by atoms with E-state index in [9.17, 15) is 9.59 Å². The first-order valence-corrected chi connectivity index (χ1v) is 10.4. The molecule has 0 saturated carbocycles. The number of nitrogens with zero attached hydrogens (tertiary/aromatic N) is 5. The van der Waals surface area contributed by atoms with E-state index in [1.807, 2.05) is 33.2 Å². The molecule has 4 heterocycles. The van der Waals surface area contributed by atoms with Crippen molar-refractivity contribution in [1.29, 1.82) is 0 Å². The summed E-state index contributed by atoms with van der Waals surface area (Å²) in [4.78, 5) is 35.0. The fraction of sp³-hybridized carbons (Fsp3) is 0.348. The average Bonchev–Trinajstić information content (AvgIpc) is 3.29. The first-order valence-electron chi connectivity index (χ1n) is 10.4. The minimum atomic E-state index is -0.644. The summed E-state index contributed by atoms with van der Waals surface area (Å²) in [5.41, 5.74) is 1.72. The van der Waals surface area contributed by atoms with Crippen LogP contribution in [-0.2, 0) is 16.6 Å². The van der Waals surface area contributed by atoms with E-state index < -0.39 is 17.7 Å². The number of likely N-dealkylation sites (tertiary alicyclic amines) is 1. The number of amides is 3. The van der Waals surface area contributed by atoms with E-state index in [0.29, 0.717) is 23.0 Å². The second-order valence-electron chi connectivity index (χ2n) is 8.61. The zero-order valence-electron chi connectivity index (χ0n) is 19.2. The first kappa shape index (κ1) is 22.4. The van der Waals surface area contributed by atoms with Crippen molar-refractivity contribution in [2.24, 2.45) is 12.5 Å². The number of carbonyl (C=O) groups excluding carboxylic acids is 2. The largest absolute Gasteiger partial charge is 0.455 e. The van der Waals surface area contributed by atoms with Crippen molar-refractivity contribution in [3.8, 4) is 22.8 Å². The van der Waals surface area contributed by atoms with Gasteiger partial charge in [0.15, 0.2) is 0 Å². The number of nitrogens with one attached hydrogen (secondary N) is 1. The van der Waals surface area contributed by atoms with E-state index in [1.54, 1.807) is 42.2 Å². The molecule has 1 saturated heterocycles. The van der Waals surface area contributed by atoms with Crippen LogP contribution in [0.5, 0.6) is 11.5 Å². The van der Waals surface area contributed by atoms with Crippen molar-refractivity contribution < 1.29 is 19.1 Å². The van der Waals surface area contributed by atoms with Crippen LogP contribution in [0.3, 0.4) is 0 Å². The van der Waals surface area contributed by atoms with Gasteiger partial charge >= 0.3 is 6.03 Å². The van der Waals surface area contributed by atoms with Crippen molar-refractivity contribution in [3.05, 3.63) is 48.5 Å². The van der Waals surface area contributed by atoms with Gasteiger partial charge in [-0.2, -0.15) is 5.10 Å². The number of aromatic nitrogens is 4. The Labute approximate surface area is 191 Å². The van der Waals surface area contributed by atoms with E-state index in [1.165, 1.54) is 7.11 Å². The Bertz CT molecular complexity index is 1210. The zero-order chi connectivity index (χ0) is 23.8. The Kier molecular flexibility index (Phi) is 5.86. The van der Waals surface area contributed by atoms with Gasteiger partial charge in [0.1, 0.15) is 23.5 Å². The highest BCUT2D eigenvalue weighted by Gasteiger charge is 2.49. The Hall–Kier alpha value is -3.79. The van der Waals surface area contributed by atoms with Gasteiger partial charge in [0.05, 0.1) is 17.6 Å². The molecule has 0 bridgehead atoms. The molecule has 1 aliphatic rings. The fourth-order valence-corrected chi connectivity index (χ4v) is 3.90. The molecule has 33 heavy (non-hydrogen) atoms. The number of hydrogen-bond acceptors (Lipinski definition) is 7. The van der Waals surface area contributed by atoms with Crippen LogP contribution in [0.15, 0.2) is 42.9 Å². The second-order valence-corrected chi connectivity index (χ2v) is 8.61. The van der Waals surface area contributed by atoms with Crippen molar-refractivity contribution >= 4 is 17.8 Å². The van der Waals surface area contributed by atoms with Gasteiger partial charge in [-0.05, 0) is 25.1 Å². The number of pyridine rings is 2. The molecule has 1 atom stereocenters. The molecule has 0 radical (unpaired) electrons. The highest BCUT2D eigenvalue weighted by molar-refractivity contribution is 6.02. The second kappa shape index (κ2) is 8.62. The lowest BCUT2D eigenvalue weighted by molar-refractivity contribution is -0.130. The highest BCUT2D eigenvalue weighted by Crippen LogP contribution is 2.37. The van der Waals surface area contributed by atoms with Crippen LogP contribution < -0.4 is 10.1 Å². The average molecular weight is 450 g/mol. The molecule has 0 aliphatic carbocycles. The fourth-order valence-electron chi connectivity index (χ4n) is 3.90. The molecule has 172 valence electrons. The maximum atomic E-state index is 12.8. The van der Waals surface area contributed by atoms with Crippen molar-refractivity contribution in [2.45, 2.75) is 33.4 Å².